The number of rotatable bonds is 35. The molecular formula is C41H77ClMgOS. The van der Waals surface area contributed by atoms with Gasteiger partial charge in [-0.1, -0.05) is 206 Å². The second-order valence-electron chi connectivity index (χ2n) is 13.8. The van der Waals surface area contributed by atoms with Crippen molar-refractivity contribution in [1.29, 1.82) is 0 Å². The Balaban J connectivity index is 0. The first-order valence-electron chi connectivity index (χ1n) is 19.9. The Morgan fingerprint density at radius 3 is 1.02 bits per heavy atom. The molecule has 0 unspecified atom stereocenters. The summed E-state index contributed by atoms with van der Waals surface area (Å²) in [6.07, 6.45) is 45.0. The van der Waals surface area contributed by atoms with E-state index in [1.807, 2.05) is 0 Å². The Bertz CT molecular complexity index is 618. The maximum atomic E-state index is 6.59. The molecule has 1 aromatic heterocycles. The van der Waals surface area contributed by atoms with Crippen molar-refractivity contribution in [1.82, 2.24) is 0 Å². The van der Waals surface area contributed by atoms with E-state index >= 15 is 0 Å². The van der Waals surface area contributed by atoms with Crippen LogP contribution in [0.5, 0.6) is 0 Å². The van der Waals surface area contributed by atoms with Crippen molar-refractivity contribution in [2.24, 2.45) is 0 Å². The molecule has 0 aliphatic heterocycles. The van der Waals surface area contributed by atoms with Crippen LogP contribution in [-0.4, -0.2) is 29.7 Å². The molecule has 0 fully saturated rings. The smallest absolute Gasteiger partial charge is 1.00 e. The number of thiophene rings is 1. The average Bonchev–Trinajstić information content (AvgIpc) is 3.57. The molecule has 0 atom stereocenters. The van der Waals surface area contributed by atoms with Crippen LogP contribution in [0.1, 0.15) is 232 Å². The van der Waals surface area contributed by atoms with Gasteiger partial charge >= 0.3 is 23.1 Å². The Hall–Kier alpha value is 0.716. The molecule has 1 heterocycles. The maximum absolute atomic E-state index is 6.59. The van der Waals surface area contributed by atoms with Crippen molar-refractivity contribution in [2.75, 3.05) is 6.61 Å². The number of hydrogen-bond acceptors (Lipinski definition) is 2. The molecule has 0 aliphatic rings. The Labute approximate surface area is 310 Å². The fourth-order valence-electron chi connectivity index (χ4n) is 6.93. The molecule has 0 saturated carbocycles. The Morgan fingerprint density at radius 1 is 0.489 bits per heavy atom. The first-order chi connectivity index (χ1) is 21.3. The Morgan fingerprint density at radius 2 is 0.778 bits per heavy atom. The molecule has 262 valence electrons. The van der Waals surface area contributed by atoms with Gasteiger partial charge in [-0.05, 0) is 19.8 Å². The molecule has 45 heavy (non-hydrogen) atoms. The molecule has 1 aromatic rings. The minimum absolute atomic E-state index is 0. The van der Waals surface area contributed by atoms with Gasteiger partial charge in [-0.3, -0.25) is 0 Å². The summed E-state index contributed by atoms with van der Waals surface area (Å²) in [4.78, 5) is 0. The first kappa shape index (κ1) is 47.8. The van der Waals surface area contributed by atoms with Gasteiger partial charge in [-0.2, -0.15) is 11.4 Å². The quantitative estimate of drug-likeness (QED) is 0.0395. The third-order valence-corrected chi connectivity index (χ3v) is 10.4. The van der Waals surface area contributed by atoms with Crippen molar-refractivity contribution >= 4 is 34.4 Å². The zero-order valence-electron chi connectivity index (χ0n) is 30.9. The van der Waals surface area contributed by atoms with Crippen LogP contribution in [0.4, 0.5) is 0 Å². The van der Waals surface area contributed by atoms with Crippen molar-refractivity contribution in [3.8, 4) is 0 Å². The van der Waals surface area contributed by atoms with Crippen LogP contribution in [0.3, 0.4) is 0 Å². The van der Waals surface area contributed by atoms with E-state index in [0.29, 0.717) is 0 Å². The van der Waals surface area contributed by atoms with Gasteiger partial charge in [0.2, 0.25) is 0 Å². The maximum Gasteiger partial charge on any atom is 2.00 e. The van der Waals surface area contributed by atoms with Crippen molar-refractivity contribution in [3.05, 3.63) is 22.4 Å². The minimum Gasteiger partial charge on any atom is -1.00 e. The van der Waals surface area contributed by atoms with E-state index in [4.69, 9.17) is 4.74 Å². The summed E-state index contributed by atoms with van der Waals surface area (Å²) in [5.41, 5.74) is 1.23. The van der Waals surface area contributed by atoms with Crippen LogP contribution in [0.25, 0.3) is 0 Å². The largest absolute Gasteiger partial charge is 2.00 e. The molecule has 0 N–H and O–H groups in total. The molecule has 0 bridgehead atoms. The van der Waals surface area contributed by atoms with Gasteiger partial charge in [0.25, 0.3) is 0 Å². The van der Waals surface area contributed by atoms with Crippen LogP contribution >= 0.6 is 11.3 Å². The Kier molecular flexibility index (Phi) is 39.9. The van der Waals surface area contributed by atoms with Gasteiger partial charge in [0, 0.05) is 6.61 Å². The summed E-state index contributed by atoms with van der Waals surface area (Å²) in [5, 5.41) is 5.78. The molecule has 0 spiro atoms. The van der Waals surface area contributed by atoms with E-state index in [1.54, 1.807) is 11.3 Å². The van der Waals surface area contributed by atoms with E-state index in [-0.39, 0.29) is 41.1 Å². The molecule has 0 aromatic carbocycles. The molecule has 1 nitrogen and oxygen atoms in total. The topological polar surface area (TPSA) is 9.23 Å². The second-order valence-corrected chi connectivity index (χ2v) is 14.5. The van der Waals surface area contributed by atoms with Gasteiger partial charge in [0.05, 0.1) is 5.60 Å². The molecule has 4 heteroatoms. The average molecular weight is 678 g/mol. The zero-order valence-corrected chi connectivity index (χ0v) is 33.9. The van der Waals surface area contributed by atoms with Crippen LogP contribution in [0.15, 0.2) is 11.4 Å². The van der Waals surface area contributed by atoms with E-state index < -0.39 is 0 Å². The van der Waals surface area contributed by atoms with E-state index in [2.05, 4.69) is 37.6 Å². The van der Waals surface area contributed by atoms with Gasteiger partial charge in [-0.15, -0.1) is 10.9 Å². The standard InChI is InChI=1S/C41H77OS.ClH.Mg/c1-4-7-9-11-13-15-17-19-21-23-25-27-29-31-33-36-41(42-6-3,40-35-38-43-39-40)37-34-32-30-28-26-24-22-20-18-16-14-12-10-8-5-2;;/h35,38H,4-34,36-37H2,1-3H3;1H;/q-1;;+2/p-1. The zero-order chi connectivity index (χ0) is 30.9. The van der Waals surface area contributed by atoms with Gasteiger partial charge in [0.15, 0.2) is 0 Å². The second kappa shape index (κ2) is 37.5. The van der Waals surface area contributed by atoms with E-state index in [9.17, 15) is 0 Å². The van der Waals surface area contributed by atoms with Gasteiger partial charge < -0.3 is 28.5 Å². The van der Waals surface area contributed by atoms with Crippen molar-refractivity contribution in [2.45, 2.75) is 232 Å². The number of ether oxygens (including phenoxy) is 1. The first-order valence-corrected chi connectivity index (χ1v) is 20.8. The summed E-state index contributed by atoms with van der Waals surface area (Å²) in [7, 11) is 0. The van der Waals surface area contributed by atoms with Crippen LogP contribution in [-0.2, 0) is 10.3 Å². The summed E-state index contributed by atoms with van der Waals surface area (Å²) in [6.45, 7) is 7.60. The SMILES string of the molecule is CCCCCCCCCCCCCCCCCC(CCCCCCCCCCCCCCCCC)(OCC)c1[c-]scc1.[Cl-].[Mg+2]. The molecule has 1 rings (SSSR count). The summed E-state index contributed by atoms with van der Waals surface area (Å²) < 4.78 is 6.59. The molecule has 0 radical (unpaired) electrons. The normalized spacial score (nSPS) is 11.4. The molecule has 0 saturated heterocycles. The predicted molar refractivity (Wildman–Crippen MR) is 201 cm³/mol. The molecule has 0 amide bonds. The predicted octanol–water partition coefficient (Wildman–Crippen LogP) is 11.9. The summed E-state index contributed by atoms with van der Waals surface area (Å²) in [5.74, 6) is 0. The summed E-state index contributed by atoms with van der Waals surface area (Å²) in [6, 6.07) is 2.29. The third-order valence-electron chi connectivity index (χ3n) is 9.75. The number of halogens is 1. The number of hydrogen-bond donors (Lipinski definition) is 0. The van der Waals surface area contributed by atoms with E-state index in [0.717, 1.165) is 6.61 Å². The van der Waals surface area contributed by atoms with Crippen molar-refractivity contribution in [3.63, 3.8) is 0 Å². The van der Waals surface area contributed by atoms with E-state index in [1.165, 1.54) is 211 Å². The molecular weight excluding hydrogens is 600 g/mol. The summed E-state index contributed by atoms with van der Waals surface area (Å²) >= 11 is 1.71. The fraction of sp³-hybridized carbons (Fsp3) is 0.902. The van der Waals surface area contributed by atoms with Gasteiger partial charge in [-0.25, -0.2) is 0 Å². The fourth-order valence-corrected chi connectivity index (χ4v) is 7.59. The molecule has 0 aliphatic carbocycles. The van der Waals surface area contributed by atoms with Crippen LogP contribution in [0, 0.1) is 5.38 Å². The van der Waals surface area contributed by atoms with Crippen LogP contribution < -0.4 is 12.4 Å². The van der Waals surface area contributed by atoms with Crippen LogP contribution in [0.2, 0.25) is 0 Å². The third kappa shape index (κ3) is 28.3. The van der Waals surface area contributed by atoms with Gasteiger partial charge in [0.1, 0.15) is 0 Å². The monoisotopic (exact) mass is 677 g/mol. The van der Waals surface area contributed by atoms with Crippen molar-refractivity contribution < 1.29 is 17.1 Å². The number of unbranched alkanes of at least 4 members (excludes halogenated alkanes) is 28. The minimum atomic E-state index is -0.0954.